The molecule has 7 heteroatoms. The molecule has 0 aliphatic carbocycles. The number of nitrogens with one attached hydrogen (secondary N) is 2. The maximum absolute atomic E-state index is 12.0. The second-order valence-corrected chi connectivity index (χ2v) is 5.49. The summed E-state index contributed by atoms with van der Waals surface area (Å²) in [5, 5.41) is 3.06. The summed E-state index contributed by atoms with van der Waals surface area (Å²) in [6.07, 6.45) is 2.06. The number of sulfonamides is 1. The standard InChI is InChI=1S/C9H18N4O2S/c1-4-8-11-7-9(12-8)16(14,15)13(3)6-5-10-2/h7,10H,4-6H2,1-3H3,(H,11,12). The van der Waals surface area contributed by atoms with Crippen molar-refractivity contribution in [1.29, 1.82) is 0 Å². The van der Waals surface area contributed by atoms with Gasteiger partial charge in [-0.1, -0.05) is 6.92 Å². The van der Waals surface area contributed by atoms with Gasteiger partial charge in [-0.2, -0.15) is 4.31 Å². The molecular weight excluding hydrogens is 228 g/mol. The number of rotatable bonds is 6. The van der Waals surface area contributed by atoms with Crippen LogP contribution in [0, 0.1) is 0 Å². The lowest BCUT2D eigenvalue weighted by Crippen LogP contribution is -2.33. The SMILES string of the molecule is CCc1ncc(S(=O)(=O)N(C)CCNC)[nH]1. The zero-order valence-electron chi connectivity index (χ0n) is 9.82. The third kappa shape index (κ3) is 2.81. The summed E-state index contributed by atoms with van der Waals surface area (Å²) in [7, 11) is -0.0869. The monoisotopic (exact) mass is 246 g/mol. The average Bonchev–Trinajstić information content (AvgIpc) is 2.74. The number of hydrogen-bond donors (Lipinski definition) is 2. The fourth-order valence-corrected chi connectivity index (χ4v) is 2.31. The minimum Gasteiger partial charge on any atom is -0.332 e. The first kappa shape index (κ1) is 13.1. The van der Waals surface area contributed by atoms with Gasteiger partial charge in [0.2, 0.25) is 0 Å². The first-order chi connectivity index (χ1) is 7.52. The highest BCUT2D eigenvalue weighted by atomic mass is 32.2. The van der Waals surface area contributed by atoms with E-state index >= 15 is 0 Å². The molecule has 0 fully saturated rings. The van der Waals surface area contributed by atoms with Crippen molar-refractivity contribution in [3.8, 4) is 0 Å². The minimum absolute atomic E-state index is 0.156. The number of aromatic amines is 1. The van der Waals surface area contributed by atoms with Crippen molar-refractivity contribution in [2.24, 2.45) is 0 Å². The zero-order valence-corrected chi connectivity index (χ0v) is 10.6. The molecule has 2 N–H and O–H groups in total. The molecule has 6 nitrogen and oxygen atoms in total. The first-order valence-electron chi connectivity index (χ1n) is 5.17. The maximum Gasteiger partial charge on any atom is 0.259 e. The van der Waals surface area contributed by atoms with E-state index in [-0.39, 0.29) is 5.03 Å². The highest BCUT2D eigenvalue weighted by molar-refractivity contribution is 7.89. The third-order valence-electron chi connectivity index (χ3n) is 2.30. The molecule has 0 saturated heterocycles. The Bertz CT molecular complexity index is 426. The minimum atomic E-state index is -3.43. The summed E-state index contributed by atoms with van der Waals surface area (Å²) in [5.41, 5.74) is 0. The van der Waals surface area contributed by atoms with Crippen molar-refractivity contribution < 1.29 is 8.42 Å². The number of nitrogens with zero attached hydrogens (tertiary/aromatic N) is 2. The smallest absolute Gasteiger partial charge is 0.259 e. The average molecular weight is 246 g/mol. The number of hydrogen-bond acceptors (Lipinski definition) is 4. The third-order valence-corrected chi connectivity index (χ3v) is 4.07. The summed E-state index contributed by atoms with van der Waals surface area (Å²) in [6, 6.07) is 0. The Morgan fingerprint density at radius 1 is 1.56 bits per heavy atom. The van der Waals surface area contributed by atoms with Crippen LogP contribution < -0.4 is 5.32 Å². The Hall–Kier alpha value is -0.920. The van der Waals surface area contributed by atoms with E-state index < -0.39 is 10.0 Å². The summed E-state index contributed by atoms with van der Waals surface area (Å²) in [6.45, 7) is 2.96. The second-order valence-electron chi connectivity index (χ2n) is 3.48. The van der Waals surface area contributed by atoms with Crippen LogP contribution in [0.4, 0.5) is 0 Å². The van der Waals surface area contributed by atoms with E-state index in [2.05, 4.69) is 15.3 Å². The number of aryl methyl sites for hydroxylation is 1. The van der Waals surface area contributed by atoms with Crippen molar-refractivity contribution in [2.75, 3.05) is 27.2 Å². The predicted octanol–water partition coefficient (Wildman–Crippen LogP) is -0.188. The van der Waals surface area contributed by atoms with E-state index in [0.717, 1.165) is 0 Å². The fourth-order valence-electron chi connectivity index (χ4n) is 1.21. The largest absolute Gasteiger partial charge is 0.332 e. The van der Waals surface area contributed by atoms with Crippen molar-refractivity contribution in [3.05, 3.63) is 12.0 Å². The lowest BCUT2D eigenvalue weighted by molar-refractivity contribution is 0.463. The summed E-state index contributed by atoms with van der Waals surface area (Å²) >= 11 is 0. The van der Waals surface area contributed by atoms with E-state index in [1.54, 1.807) is 14.1 Å². The topological polar surface area (TPSA) is 78.1 Å². The van der Waals surface area contributed by atoms with Gasteiger partial charge in [-0.25, -0.2) is 13.4 Å². The Morgan fingerprint density at radius 3 is 2.75 bits per heavy atom. The normalized spacial score (nSPS) is 12.2. The molecule has 0 aliphatic heterocycles. The molecule has 0 atom stereocenters. The van der Waals surface area contributed by atoms with Crippen molar-refractivity contribution >= 4 is 10.0 Å². The van der Waals surface area contributed by atoms with Crippen LogP contribution in [0.2, 0.25) is 0 Å². The van der Waals surface area contributed by atoms with Crippen LogP contribution in [0.3, 0.4) is 0 Å². The van der Waals surface area contributed by atoms with Gasteiger partial charge in [0.25, 0.3) is 10.0 Å². The first-order valence-corrected chi connectivity index (χ1v) is 6.61. The summed E-state index contributed by atoms with van der Waals surface area (Å²) in [4.78, 5) is 6.79. The van der Waals surface area contributed by atoms with Gasteiger partial charge >= 0.3 is 0 Å². The Balaban J connectivity index is 2.84. The van der Waals surface area contributed by atoms with Crippen molar-refractivity contribution in [1.82, 2.24) is 19.6 Å². The molecule has 0 aliphatic rings. The molecule has 0 saturated carbocycles. The Labute approximate surface area is 96.1 Å². The summed E-state index contributed by atoms with van der Waals surface area (Å²) < 4.78 is 25.3. The van der Waals surface area contributed by atoms with E-state index in [0.29, 0.717) is 25.3 Å². The quantitative estimate of drug-likeness (QED) is 0.729. The molecule has 0 aromatic carbocycles. The molecule has 1 aromatic rings. The molecule has 0 spiro atoms. The van der Waals surface area contributed by atoms with Crippen LogP contribution in [-0.2, 0) is 16.4 Å². The highest BCUT2D eigenvalue weighted by Gasteiger charge is 2.22. The van der Waals surface area contributed by atoms with Crippen molar-refractivity contribution in [3.63, 3.8) is 0 Å². The van der Waals surface area contributed by atoms with E-state index in [1.165, 1.54) is 10.5 Å². The maximum atomic E-state index is 12.0. The lowest BCUT2D eigenvalue weighted by Gasteiger charge is -2.15. The van der Waals surface area contributed by atoms with Crippen LogP contribution in [0.5, 0.6) is 0 Å². The van der Waals surface area contributed by atoms with Gasteiger partial charge in [0.1, 0.15) is 5.82 Å². The predicted molar refractivity (Wildman–Crippen MR) is 61.7 cm³/mol. The molecule has 0 amide bonds. The summed E-state index contributed by atoms with van der Waals surface area (Å²) in [5.74, 6) is 0.681. The highest BCUT2D eigenvalue weighted by Crippen LogP contribution is 2.11. The van der Waals surface area contributed by atoms with Gasteiger partial charge in [0, 0.05) is 26.6 Å². The van der Waals surface area contributed by atoms with Crippen LogP contribution >= 0.6 is 0 Å². The van der Waals surface area contributed by atoms with Crippen molar-refractivity contribution in [2.45, 2.75) is 18.4 Å². The van der Waals surface area contributed by atoms with Crippen LogP contribution in [0.1, 0.15) is 12.7 Å². The molecule has 1 rings (SSSR count). The number of aromatic nitrogens is 2. The Morgan fingerprint density at radius 2 is 2.25 bits per heavy atom. The number of imidazole rings is 1. The molecule has 1 heterocycles. The number of H-pyrrole nitrogens is 1. The van der Waals surface area contributed by atoms with Gasteiger partial charge in [0.05, 0.1) is 6.20 Å². The van der Waals surface area contributed by atoms with Gasteiger partial charge in [0.15, 0.2) is 5.03 Å². The van der Waals surface area contributed by atoms with Gasteiger partial charge < -0.3 is 10.3 Å². The van der Waals surface area contributed by atoms with Gasteiger partial charge in [-0.3, -0.25) is 0 Å². The fraction of sp³-hybridized carbons (Fsp3) is 0.667. The molecule has 0 radical (unpaired) electrons. The second kappa shape index (κ2) is 5.42. The lowest BCUT2D eigenvalue weighted by atomic mass is 10.5. The molecule has 16 heavy (non-hydrogen) atoms. The zero-order chi connectivity index (χ0) is 12.2. The molecule has 92 valence electrons. The molecule has 0 unspecified atom stereocenters. The van der Waals surface area contributed by atoms with E-state index in [4.69, 9.17) is 0 Å². The number of likely N-dealkylation sites (N-methyl/N-ethyl adjacent to an activating group) is 2. The van der Waals surface area contributed by atoms with E-state index in [1.807, 2.05) is 6.92 Å². The van der Waals surface area contributed by atoms with Crippen LogP contribution in [-0.4, -0.2) is 49.9 Å². The molecule has 1 aromatic heterocycles. The van der Waals surface area contributed by atoms with Gasteiger partial charge in [-0.05, 0) is 7.05 Å². The molecule has 0 bridgehead atoms. The van der Waals surface area contributed by atoms with Crippen LogP contribution in [0.25, 0.3) is 0 Å². The van der Waals surface area contributed by atoms with Gasteiger partial charge in [-0.15, -0.1) is 0 Å². The Kier molecular flexibility index (Phi) is 4.45. The van der Waals surface area contributed by atoms with Crippen LogP contribution in [0.15, 0.2) is 11.2 Å². The van der Waals surface area contributed by atoms with E-state index in [9.17, 15) is 8.42 Å². The molecular formula is C9H18N4O2S.